The molecular formula is C12H11N2O4-. The molecule has 1 heterocycles. The summed E-state index contributed by atoms with van der Waals surface area (Å²) in [5.74, 6) is -1.58. The first-order valence-corrected chi connectivity index (χ1v) is 5.44. The number of carboxylic acids is 1. The number of hydrogen-bond donors (Lipinski definition) is 0. The van der Waals surface area contributed by atoms with Crippen LogP contribution in [0.1, 0.15) is 28.7 Å². The zero-order valence-corrected chi connectivity index (χ0v) is 9.97. The van der Waals surface area contributed by atoms with Gasteiger partial charge in [-0.15, -0.1) is 5.10 Å². The van der Waals surface area contributed by atoms with Gasteiger partial charge in [0.15, 0.2) is 0 Å². The van der Waals surface area contributed by atoms with Crippen molar-refractivity contribution in [3.8, 4) is 5.69 Å². The number of aryl methyl sites for hydroxylation is 2. The number of aromatic nitrogens is 2. The zero-order valence-electron chi connectivity index (χ0n) is 9.97. The van der Waals surface area contributed by atoms with Gasteiger partial charge in [-0.25, -0.2) is 4.79 Å². The highest BCUT2D eigenvalue weighted by atomic mass is 16.4. The first-order chi connectivity index (χ1) is 8.52. The molecule has 0 aliphatic heterocycles. The highest BCUT2D eigenvalue weighted by molar-refractivity contribution is 5.88. The average molecular weight is 247 g/mol. The standard InChI is InChI=1S/C12H12N2O4/c1-3-8-6-9(4-5-10(8)11(15)16)14-12(17)18-7(2)13-14/h4-6H,3H2,1-2H3,(H,15,16)/p-1. The van der Waals surface area contributed by atoms with Gasteiger partial charge in [-0.1, -0.05) is 13.0 Å². The van der Waals surface area contributed by atoms with Gasteiger partial charge in [0, 0.05) is 12.5 Å². The van der Waals surface area contributed by atoms with Gasteiger partial charge in [-0.3, -0.25) is 0 Å². The Morgan fingerprint density at radius 1 is 1.50 bits per heavy atom. The summed E-state index contributed by atoms with van der Waals surface area (Å²) in [5, 5.41) is 14.8. The second kappa shape index (κ2) is 4.48. The highest BCUT2D eigenvalue weighted by Gasteiger charge is 2.09. The van der Waals surface area contributed by atoms with Gasteiger partial charge in [0.05, 0.1) is 11.7 Å². The minimum atomic E-state index is -1.23. The Hall–Kier alpha value is -2.37. The van der Waals surface area contributed by atoms with E-state index >= 15 is 0 Å². The van der Waals surface area contributed by atoms with Gasteiger partial charge < -0.3 is 14.3 Å². The molecule has 2 aromatic rings. The summed E-state index contributed by atoms with van der Waals surface area (Å²) < 4.78 is 5.88. The molecule has 0 amide bonds. The van der Waals surface area contributed by atoms with E-state index in [2.05, 4.69) is 5.10 Å². The molecule has 2 rings (SSSR count). The Balaban J connectivity index is 2.57. The van der Waals surface area contributed by atoms with Crippen LogP contribution in [-0.2, 0) is 6.42 Å². The number of hydrogen-bond acceptors (Lipinski definition) is 5. The van der Waals surface area contributed by atoms with Crippen molar-refractivity contribution in [1.29, 1.82) is 0 Å². The maximum absolute atomic E-state index is 11.5. The minimum absolute atomic E-state index is 0.120. The second-order valence-electron chi connectivity index (χ2n) is 3.78. The van der Waals surface area contributed by atoms with E-state index in [0.29, 0.717) is 17.7 Å². The van der Waals surface area contributed by atoms with E-state index in [9.17, 15) is 14.7 Å². The molecule has 0 bridgehead atoms. The highest BCUT2D eigenvalue weighted by Crippen LogP contribution is 2.14. The number of aromatic carboxylic acids is 1. The lowest BCUT2D eigenvalue weighted by Gasteiger charge is -2.10. The predicted molar refractivity (Wildman–Crippen MR) is 60.5 cm³/mol. The van der Waals surface area contributed by atoms with Crippen LogP contribution in [0.5, 0.6) is 0 Å². The van der Waals surface area contributed by atoms with E-state index in [1.807, 2.05) is 6.92 Å². The molecule has 6 heteroatoms. The molecule has 0 saturated heterocycles. The summed E-state index contributed by atoms with van der Waals surface area (Å²) in [6.07, 6.45) is 0.517. The van der Waals surface area contributed by atoms with Crippen LogP contribution in [0, 0.1) is 6.92 Å². The molecule has 0 fully saturated rings. The molecule has 1 aromatic carbocycles. The fourth-order valence-corrected chi connectivity index (χ4v) is 1.74. The van der Waals surface area contributed by atoms with Gasteiger partial charge in [-0.05, 0) is 24.1 Å². The van der Waals surface area contributed by atoms with Gasteiger partial charge >= 0.3 is 5.76 Å². The molecule has 0 unspecified atom stereocenters. The van der Waals surface area contributed by atoms with Gasteiger partial charge in [0.1, 0.15) is 0 Å². The van der Waals surface area contributed by atoms with Crippen LogP contribution in [0.25, 0.3) is 5.69 Å². The summed E-state index contributed by atoms with van der Waals surface area (Å²) in [6.45, 7) is 3.39. The van der Waals surface area contributed by atoms with E-state index in [4.69, 9.17) is 4.42 Å². The summed E-state index contributed by atoms with van der Waals surface area (Å²) >= 11 is 0. The molecule has 0 atom stereocenters. The van der Waals surface area contributed by atoms with Crippen molar-refractivity contribution >= 4 is 5.97 Å². The maximum Gasteiger partial charge on any atom is 0.441 e. The predicted octanol–water partition coefficient (Wildman–Crippen LogP) is 0.0598. The third-order valence-electron chi connectivity index (χ3n) is 2.58. The summed E-state index contributed by atoms with van der Waals surface area (Å²) in [7, 11) is 0. The summed E-state index contributed by atoms with van der Waals surface area (Å²) in [6, 6.07) is 4.49. The Bertz CT molecular complexity index is 654. The normalized spacial score (nSPS) is 10.6. The largest absolute Gasteiger partial charge is 0.545 e. The number of benzene rings is 1. The molecule has 94 valence electrons. The molecule has 1 aromatic heterocycles. The fraction of sp³-hybridized carbons (Fsp3) is 0.250. The first-order valence-electron chi connectivity index (χ1n) is 5.44. The first kappa shape index (κ1) is 12.1. The molecule has 0 aliphatic rings. The van der Waals surface area contributed by atoms with Crippen LogP contribution in [0.2, 0.25) is 0 Å². The molecule has 18 heavy (non-hydrogen) atoms. The fourth-order valence-electron chi connectivity index (χ4n) is 1.74. The van der Waals surface area contributed by atoms with E-state index in [1.165, 1.54) is 12.1 Å². The van der Waals surface area contributed by atoms with E-state index < -0.39 is 11.7 Å². The van der Waals surface area contributed by atoms with Crippen LogP contribution in [0.15, 0.2) is 27.4 Å². The lowest BCUT2D eigenvalue weighted by atomic mass is 10.0. The quantitative estimate of drug-likeness (QED) is 0.765. The molecule has 0 aliphatic carbocycles. The zero-order chi connectivity index (χ0) is 13.3. The van der Waals surface area contributed by atoms with Crippen LogP contribution in [0.4, 0.5) is 0 Å². The number of carbonyl (C=O) groups is 1. The van der Waals surface area contributed by atoms with E-state index in [1.54, 1.807) is 13.0 Å². The van der Waals surface area contributed by atoms with E-state index in [0.717, 1.165) is 4.68 Å². The Morgan fingerprint density at radius 3 is 2.72 bits per heavy atom. The Kier molecular flexibility index (Phi) is 3.01. The van der Waals surface area contributed by atoms with Crippen molar-refractivity contribution in [3.63, 3.8) is 0 Å². The monoisotopic (exact) mass is 247 g/mol. The minimum Gasteiger partial charge on any atom is -0.545 e. The Labute approximate surface area is 102 Å². The van der Waals surface area contributed by atoms with Crippen LogP contribution >= 0.6 is 0 Å². The third kappa shape index (κ3) is 2.04. The number of carbonyl (C=O) groups excluding carboxylic acids is 1. The number of nitrogens with zero attached hydrogens (tertiary/aromatic N) is 2. The topological polar surface area (TPSA) is 88.2 Å². The van der Waals surface area contributed by atoms with Crippen molar-refractivity contribution in [2.45, 2.75) is 20.3 Å². The average Bonchev–Trinajstić information content (AvgIpc) is 2.67. The number of carboxylic acid groups (broad SMARTS) is 1. The molecule has 0 saturated carbocycles. The SMILES string of the molecule is CCc1cc(-n2nc(C)oc2=O)ccc1C(=O)[O-]. The van der Waals surface area contributed by atoms with Gasteiger partial charge in [-0.2, -0.15) is 4.68 Å². The van der Waals surface area contributed by atoms with Gasteiger partial charge in [0.25, 0.3) is 0 Å². The molecular weight excluding hydrogens is 236 g/mol. The summed E-state index contributed by atoms with van der Waals surface area (Å²) in [4.78, 5) is 22.3. The van der Waals surface area contributed by atoms with E-state index in [-0.39, 0.29) is 11.5 Å². The Morgan fingerprint density at radius 2 is 2.22 bits per heavy atom. The van der Waals surface area contributed by atoms with Crippen molar-refractivity contribution in [2.75, 3.05) is 0 Å². The maximum atomic E-state index is 11.5. The molecule has 6 nitrogen and oxygen atoms in total. The molecule has 0 radical (unpaired) electrons. The smallest absolute Gasteiger partial charge is 0.441 e. The van der Waals surface area contributed by atoms with Gasteiger partial charge in [0.2, 0.25) is 5.89 Å². The van der Waals surface area contributed by atoms with Crippen LogP contribution in [-0.4, -0.2) is 15.7 Å². The van der Waals surface area contributed by atoms with Crippen molar-refractivity contribution in [2.24, 2.45) is 0 Å². The number of rotatable bonds is 3. The lowest BCUT2D eigenvalue weighted by Crippen LogP contribution is -2.24. The summed E-state index contributed by atoms with van der Waals surface area (Å²) in [5.41, 5.74) is 1.17. The third-order valence-corrected chi connectivity index (χ3v) is 2.58. The second-order valence-corrected chi connectivity index (χ2v) is 3.78. The van der Waals surface area contributed by atoms with Crippen molar-refractivity contribution in [1.82, 2.24) is 9.78 Å². The molecule has 0 N–H and O–H groups in total. The van der Waals surface area contributed by atoms with Crippen LogP contribution in [0.3, 0.4) is 0 Å². The molecule has 0 spiro atoms. The lowest BCUT2D eigenvalue weighted by molar-refractivity contribution is -0.255. The van der Waals surface area contributed by atoms with Crippen molar-refractivity contribution < 1.29 is 14.3 Å². The van der Waals surface area contributed by atoms with Crippen LogP contribution < -0.4 is 10.9 Å². The van der Waals surface area contributed by atoms with Crippen molar-refractivity contribution in [3.05, 3.63) is 45.8 Å².